The number of hydrogen-bond acceptors (Lipinski definition) is 4. The lowest BCUT2D eigenvalue weighted by Crippen LogP contribution is -2.49. The molecule has 3 unspecified atom stereocenters. The third-order valence-electron chi connectivity index (χ3n) is 6.63. The maximum absolute atomic E-state index is 13.2. The molecule has 2 aromatic carbocycles. The second-order valence-corrected chi connectivity index (χ2v) is 8.46. The molecule has 0 saturated carbocycles. The summed E-state index contributed by atoms with van der Waals surface area (Å²) in [5, 5.41) is 10.9. The Morgan fingerprint density at radius 2 is 1.94 bits per heavy atom. The maximum Gasteiger partial charge on any atom is 0.163 e. The summed E-state index contributed by atoms with van der Waals surface area (Å²) in [6.07, 6.45) is 5.62. The normalized spacial score (nSPS) is 25.4. The van der Waals surface area contributed by atoms with Crippen molar-refractivity contribution in [1.29, 1.82) is 0 Å². The molecule has 31 heavy (non-hydrogen) atoms. The molecule has 4 nitrogen and oxygen atoms in total. The number of fused-ring (bicyclic) bond motifs is 1. The summed E-state index contributed by atoms with van der Waals surface area (Å²) in [6.45, 7) is 7.83. The van der Waals surface area contributed by atoms with Gasteiger partial charge in [-0.2, -0.15) is 0 Å². The highest BCUT2D eigenvalue weighted by Crippen LogP contribution is 2.56. The Bertz CT molecular complexity index is 1110. The molecule has 0 spiro atoms. The summed E-state index contributed by atoms with van der Waals surface area (Å²) < 4.78 is 5.83. The molecule has 0 amide bonds. The van der Waals surface area contributed by atoms with Crippen molar-refractivity contribution < 1.29 is 19.4 Å². The lowest BCUT2D eigenvalue weighted by molar-refractivity contribution is -0.137. The molecule has 0 heterocycles. The molecular weight excluding hydrogens is 388 g/mol. The number of rotatable bonds is 5. The quantitative estimate of drug-likeness (QED) is 0.722. The van der Waals surface area contributed by atoms with Crippen molar-refractivity contribution in [3.05, 3.63) is 95.6 Å². The molecule has 0 aromatic heterocycles. The Hall–Kier alpha value is -3.40. The first-order valence-corrected chi connectivity index (χ1v) is 10.4. The van der Waals surface area contributed by atoms with Gasteiger partial charge in [-0.15, -0.1) is 0 Å². The summed E-state index contributed by atoms with van der Waals surface area (Å²) in [5.74, 6) is -0.435. The Morgan fingerprint density at radius 3 is 2.61 bits per heavy atom. The van der Waals surface area contributed by atoms with Crippen molar-refractivity contribution in [2.75, 3.05) is 0 Å². The molecule has 4 rings (SSSR count). The van der Waals surface area contributed by atoms with Crippen LogP contribution in [-0.2, 0) is 16.2 Å². The van der Waals surface area contributed by atoms with Crippen molar-refractivity contribution in [2.24, 2.45) is 11.3 Å². The van der Waals surface area contributed by atoms with E-state index < -0.39 is 17.3 Å². The number of ketones is 2. The monoisotopic (exact) mass is 414 g/mol. The average Bonchev–Trinajstić information content (AvgIpc) is 2.77. The van der Waals surface area contributed by atoms with E-state index in [0.717, 1.165) is 11.1 Å². The Kier molecular flexibility index (Phi) is 5.40. The van der Waals surface area contributed by atoms with Gasteiger partial charge in [-0.3, -0.25) is 9.59 Å². The lowest BCUT2D eigenvalue weighted by Gasteiger charge is -2.47. The zero-order valence-corrected chi connectivity index (χ0v) is 17.8. The highest BCUT2D eigenvalue weighted by molar-refractivity contribution is 6.13. The minimum Gasteiger partial charge on any atom is -0.508 e. The van der Waals surface area contributed by atoms with Crippen LogP contribution in [-0.4, -0.2) is 16.7 Å². The van der Waals surface area contributed by atoms with Crippen LogP contribution in [0.25, 0.3) is 0 Å². The van der Waals surface area contributed by atoms with Crippen LogP contribution in [0.2, 0.25) is 0 Å². The molecule has 0 aliphatic heterocycles. The van der Waals surface area contributed by atoms with Crippen LogP contribution in [0.4, 0.5) is 0 Å². The van der Waals surface area contributed by atoms with Crippen LogP contribution in [0.15, 0.2) is 84.5 Å². The maximum atomic E-state index is 13.2. The first-order chi connectivity index (χ1) is 14.9. The number of hydrogen-bond donors (Lipinski definition) is 1. The highest BCUT2D eigenvalue weighted by Gasteiger charge is 2.55. The van der Waals surface area contributed by atoms with Gasteiger partial charge in [0.25, 0.3) is 0 Å². The van der Waals surface area contributed by atoms with Gasteiger partial charge < -0.3 is 9.84 Å². The summed E-state index contributed by atoms with van der Waals surface area (Å²) in [7, 11) is 0. The van der Waals surface area contributed by atoms with Gasteiger partial charge in [0, 0.05) is 23.5 Å². The highest BCUT2D eigenvalue weighted by atomic mass is 16.5. The van der Waals surface area contributed by atoms with Crippen molar-refractivity contribution in [1.82, 2.24) is 0 Å². The molecule has 4 heteroatoms. The number of aromatic hydroxyl groups is 1. The van der Waals surface area contributed by atoms with E-state index >= 15 is 0 Å². The van der Waals surface area contributed by atoms with E-state index in [1.54, 1.807) is 31.2 Å². The van der Waals surface area contributed by atoms with Crippen molar-refractivity contribution in [3.8, 4) is 11.5 Å². The van der Waals surface area contributed by atoms with Gasteiger partial charge in [-0.1, -0.05) is 62.1 Å². The van der Waals surface area contributed by atoms with Crippen LogP contribution < -0.4 is 4.74 Å². The minimum absolute atomic E-state index is 0.00577. The fraction of sp³-hybridized carbons (Fsp3) is 0.259. The van der Waals surface area contributed by atoms with Crippen molar-refractivity contribution in [2.45, 2.75) is 32.8 Å². The van der Waals surface area contributed by atoms with Crippen LogP contribution in [0, 0.1) is 11.3 Å². The van der Waals surface area contributed by atoms with Gasteiger partial charge in [0.2, 0.25) is 0 Å². The lowest BCUT2D eigenvalue weighted by atomic mass is 9.53. The molecule has 2 aliphatic carbocycles. The zero-order valence-electron chi connectivity index (χ0n) is 17.8. The van der Waals surface area contributed by atoms with Gasteiger partial charge in [0.1, 0.15) is 18.1 Å². The summed E-state index contributed by atoms with van der Waals surface area (Å²) in [5.41, 5.74) is 1.99. The van der Waals surface area contributed by atoms with Crippen LogP contribution in [0.5, 0.6) is 11.5 Å². The third-order valence-corrected chi connectivity index (χ3v) is 6.63. The van der Waals surface area contributed by atoms with E-state index in [1.165, 1.54) is 6.08 Å². The standard InChI is InChI=1S/C27H26O4/c1-4-19-10-13-22-26(30)17(2)14-24(29)27(22,3)25(19)21-12-11-20(15-23(21)28)31-16-18-8-6-5-7-9-18/h4-12,14-15,22,25,28H,1,13,16H2,2-3H3. The van der Waals surface area contributed by atoms with E-state index in [2.05, 4.69) is 6.58 Å². The second-order valence-electron chi connectivity index (χ2n) is 8.46. The SMILES string of the molecule is C=CC1=CCC2C(=O)C(C)=CC(=O)C2(C)C1c1ccc(OCc2ccccc2)cc1O. The van der Waals surface area contributed by atoms with Gasteiger partial charge in [0.15, 0.2) is 11.6 Å². The van der Waals surface area contributed by atoms with E-state index in [0.29, 0.717) is 29.9 Å². The first-order valence-electron chi connectivity index (χ1n) is 10.4. The molecule has 2 aromatic rings. The average molecular weight is 415 g/mol. The number of benzene rings is 2. The third kappa shape index (κ3) is 3.52. The molecule has 0 fully saturated rings. The first kappa shape index (κ1) is 20.9. The second kappa shape index (κ2) is 8.03. The fourth-order valence-electron chi connectivity index (χ4n) is 4.86. The number of carbonyl (C=O) groups excluding carboxylic acids is 2. The van der Waals surface area contributed by atoms with Crippen LogP contribution in [0.1, 0.15) is 37.3 Å². The van der Waals surface area contributed by atoms with E-state index in [9.17, 15) is 14.7 Å². The van der Waals surface area contributed by atoms with Crippen LogP contribution >= 0.6 is 0 Å². The Labute approximate surface area is 182 Å². The molecule has 0 radical (unpaired) electrons. The summed E-state index contributed by atoms with van der Waals surface area (Å²) >= 11 is 0. The zero-order chi connectivity index (χ0) is 22.2. The predicted octanol–water partition coefficient (Wildman–Crippen LogP) is 5.29. The number of carbonyl (C=O) groups is 2. The molecular formula is C27H26O4. The summed E-state index contributed by atoms with van der Waals surface area (Å²) in [6, 6.07) is 14.9. The summed E-state index contributed by atoms with van der Waals surface area (Å²) in [4.78, 5) is 26.1. The minimum atomic E-state index is -0.973. The van der Waals surface area contributed by atoms with Gasteiger partial charge in [-0.25, -0.2) is 0 Å². The molecule has 1 N–H and O–H groups in total. The smallest absolute Gasteiger partial charge is 0.163 e. The number of ether oxygens (including phenoxy) is 1. The number of phenolic OH excluding ortho intramolecular Hbond substituents is 1. The Balaban J connectivity index is 1.70. The number of allylic oxidation sites excluding steroid dienone is 5. The van der Waals surface area contributed by atoms with Crippen molar-refractivity contribution in [3.63, 3.8) is 0 Å². The van der Waals surface area contributed by atoms with E-state index in [-0.39, 0.29) is 17.3 Å². The Morgan fingerprint density at radius 1 is 1.19 bits per heavy atom. The molecule has 3 atom stereocenters. The number of phenols is 1. The number of Topliss-reactive ketones (excluding diaryl/α,β-unsaturated/α-hetero) is 1. The van der Waals surface area contributed by atoms with Crippen LogP contribution in [0.3, 0.4) is 0 Å². The molecule has 2 aliphatic rings. The predicted molar refractivity (Wildman–Crippen MR) is 120 cm³/mol. The van der Waals surface area contributed by atoms with Crippen molar-refractivity contribution >= 4 is 11.6 Å². The topological polar surface area (TPSA) is 63.6 Å². The van der Waals surface area contributed by atoms with Gasteiger partial charge >= 0.3 is 0 Å². The van der Waals surface area contributed by atoms with Gasteiger partial charge in [0.05, 0.1) is 5.41 Å². The van der Waals surface area contributed by atoms with E-state index in [1.807, 2.05) is 43.3 Å². The molecule has 0 bridgehead atoms. The fourth-order valence-corrected chi connectivity index (χ4v) is 4.86. The molecule has 158 valence electrons. The van der Waals surface area contributed by atoms with E-state index in [4.69, 9.17) is 4.74 Å². The molecule has 0 saturated heterocycles. The van der Waals surface area contributed by atoms with Gasteiger partial charge in [-0.05, 0) is 42.2 Å². The largest absolute Gasteiger partial charge is 0.508 e.